The second kappa shape index (κ2) is 11.7. The molecule has 0 atom stereocenters. The highest BCUT2D eigenvalue weighted by Gasteiger charge is 2.21. The minimum absolute atomic E-state index is 0. The van der Waals surface area contributed by atoms with E-state index in [2.05, 4.69) is 25.4 Å². The molecule has 1 aliphatic heterocycles. The number of carbonyl (C=O) groups is 1. The summed E-state index contributed by atoms with van der Waals surface area (Å²) in [5.74, 6) is 0.624. The number of rotatable bonds is 5. The van der Waals surface area contributed by atoms with E-state index in [9.17, 15) is 9.18 Å². The third-order valence-corrected chi connectivity index (χ3v) is 4.96. The maximum Gasteiger partial charge on any atom is 0.221 e. The van der Waals surface area contributed by atoms with Crippen molar-refractivity contribution in [2.75, 3.05) is 50.0 Å². The molecule has 2 N–H and O–H groups in total. The molecule has 30 heavy (non-hydrogen) atoms. The number of anilines is 2. The van der Waals surface area contributed by atoms with E-state index < -0.39 is 0 Å². The lowest BCUT2D eigenvalue weighted by molar-refractivity contribution is -0.114. The molecule has 0 unspecified atom stereocenters. The number of hydrogen-bond donors (Lipinski definition) is 2. The molecule has 1 heterocycles. The Labute approximate surface area is 194 Å². The van der Waals surface area contributed by atoms with Crippen LogP contribution in [0.3, 0.4) is 0 Å². The van der Waals surface area contributed by atoms with E-state index in [1.54, 1.807) is 13.1 Å². The third kappa shape index (κ3) is 6.58. The number of para-hydroxylation sites is 1. The third-order valence-electron chi connectivity index (χ3n) is 4.96. The van der Waals surface area contributed by atoms with Gasteiger partial charge in [-0.15, -0.1) is 24.0 Å². The zero-order valence-electron chi connectivity index (χ0n) is 17.4. The number of piperazine rings is 1. The number of halogens is 2. The van der Waals surface area contributed by atoms with Gasteiger partial charge in [0.25, 0.3) is 0 Å². The first-order valence-electron chi connectivity index (χ1n) is 9.88. The van der Waals surface area contributed by atoms with Crippen LogP contribution >= 0.6 is 24.0 Å². The fourth-order valence-corrected chi connectivity index (χ4v) is 3.48. The fraction of sp³-hybridized carbons (Fsp3) is 0.364. The molecule has 3 rings (SSSR count). The lowest BCUT2D eigenvalue weighted by Gasteiger charge is -2.37. The highest BCUT2D eigenvalue weighted by atomic mass is 127. The summed E-state index contributed by atoms with van der Waals surface area (Å²) in [6.07, 6.45) is 0.856. The first-order valence-corrected chi connectivity index (χ1v) is 9.88. The number of benzene rings is 2. The first kappa shape index (κ1) is 23.9. The van der Waals surface area contributed by atoms with Crippen molar-refractivity contribution < 1.29 is 9.18 Å². The number of aliphatic imine (C=N–C) groups is 1. The van der Waals surface area contributed by atoms with Gasteiger partial charge in [0.2, 0.25) is 5.91 Å². The van der Waals surface area contributed by atoms with E-state index in [0.29, 0.717) is 5.69 Å². The predicted molar refractivity (Wildman–Crippen MR) is 131 cm³/mol. The molecule has 6 nitrogen and oxygen atoms in total. The summed E-state index contributed by atoms with van der Waals surface area (Å²) in [7, 11) is 1.79. The zero-order valence-corrected chi connectivity index (χ0v) is 19.7. The lowest BCUT2D eigenvalue weighted by Crippen LogP contribution is -2.53. The highest BCUT2D eigenvalue weighted by Crippen LogP contribution is 2.20. The monoisotopic (exact) mass is 525 g/mol. The Morgan fingerprint density at radius 1 is 1.07 bits per heavy atom. The number of hydrogen-bond acceptors (Lipinski definition) is 3. The highest BCUT2D eigenvalue weighted by molar-refractivity contribution is 14.0. The number of carbonyl (C=O) groups excluding carboxylic acids is 1. The second-order valence-corrected chi connectivity index (χ2v) is 7.03. The molecule has 1 amide bonds. The quantitative estimate of drug-likeness (QED) is 0.357. The molecular formula is C22H29FIN5O. The van der Waals surface area contributed by atoms with Crippen molar-refractivity contribution >= 4 is 47.2 Å². The van der Waals surface area contributed by atoms with Gasteiger partial charge in [-0.3, -0.25) is 9.79 Å². The van der Waals surface area contributed by atoms with Gasteiger partial charge in [0.05, 0.1) is 5.69 Å². The van der Waals surface area contributed by atoms with Crippen LogP contribution in [0.4, 0.5) is 15.8 Å². The molecule has 0 aromatic heterocycles. The van der Waals surface area contributed by atoms with Crippen LogP contribution in [0.25, 0.3) is 0 Å². The van der Waals surface area contributed by atoms with E-state index in [-0.39, 0.29) is 35.7 Å². The second-order valence-electron chi connectivity index (χ2n) is 7.03. The van der Waals surface area contributed by atoms with Gasteiger partial charge in [0.15, 0.2) is 5.96 Å². The Kier molecular flexibility index (Phi) is 9.35. The van der Waals surface area contributed by atoms with Crippen LogP contribution < -0.4 is 15.5 Å². The number of nitrogens with zero attached hydrogens (tertiary/aromatic N) is 3. The summed E-state index contributed by atoms with van der Waals surface area (Å²) in [6, 6.07) is 14.8. The van der Waals surface area contributed by atoms with Crippen LogP contribution in [0.15, 0.2) is 53.5 Å². The van der Waals surface area contributed by atoms with E-state index in [1.807, 2.05) is 36.4 Å². The summed E-state index contributed by atoms with van der Waals surface area (Å²) in [5, 5.41) is 6.18. The van der Waals surface area contributed by atoms with Gasteiger partial charge >= 0.3 is 0 Å². The number of amides is 1. The minimum Gasteiger partial charge on any atom is -0.366 e. The average Bonchev–Trinajstić information content (AvgIpc) is 2.73. The molecule has 1 saturated heterocycles. The van der Waals surface area contributed by atoms with Crippen LogP contribution in [0, 0.1) is 5.82 Å². The summed E-state index contributed by atoms with van der Waals surface area (Å²) in [6.45, 7) is 5.36. The Bertz CT molecular complexity index is 851. The molecule has 0 aliphatic carbocycles. The number of guanidine groups is 1. The topological polar surface area (TPSA) is 60.0 Å². The Hall–Kier alpha value is -2.36. The van der Waals surface area contributed by atoms with Crippen LogP contribution in [0.2, 0.25) is 0 Å². The van der Waals surface area contributed by atoms with Crippen molar-refractivity contribution in [2.45, 2.75) is 13.3 Å². The van der Waals surface area contributed by atoms with Gasteiger partial charge < -0.3 is 20.4 Å². The maximum atomic E-state index is 14.0. The van der Waals surface area contributed by atoms with Gasteiger partial charge in [0.1, 0.15) is 5.82 Å². The molecule has 0 bridgehead atoms. The Balaban J connectivity index is 0.00000320. The fourth-order valence-electron chi connectivity index (χ4n) is 3.48. The van der Waals surface area contributed by atoms with Crippen molar-refractivity contribution in [3.8, 4) is 0 Å². The van der Waals surface area contributed by atoms with E-state index in [1.165, 1.54) is 18.6 Å². The molecule has 0 spiro atoms. The van der Waals surface area contributed by atoms with E-state index in [4.69, 9.17) is 0 Å². The standard InChI is InChI=1S/C22H28FN5O.HI/c1-17(29)26-19-9-7-18(8-10-19)11-12-25-22(24-2)28-15-13-27(14-16-28)21-6-4-3-5-20(21)23;/h3-10H,11-16H2,1-2H3,(H,24,25)(H,26,29);1H. The van der Waals surface area contributed by atoms with E-state index in [0.717, 1.165) is 50.8 Å². The largest absolute Gasteiger partial charge is 0.366 e. The molecule has 2 aromatic carbocycles. The van der Waals surface area contributed by atoms with Crippen LogP contribution in [-0.2, 0) is 11.2 Å². The molecule has 1 aliphatic rings. The summed E-state index contributed by atoms with van der Waals surface area (Å²) < 4.78 is 14.0. The van der Waals surface area contributed by atoms with Crippen LogP contribution in [-0.4, -0.2) is 56.5 Å². The van der Waals surface area contributed by atoms with Gasteiger partial charge in [-0.1, -0.05) is 24.3 Å². The summed E-state index contributed by atoms with van der Waals surface area (Å²) >= 11 is 0. The normalized spacial score (nSPS) is 14.2. The van der Waals surface area contributed by atoms with Gasteiger partial charge in [0, 0.05) is 52.4 Å². The molecule has 2 aromatic rings. The SMILES string of the molecule is CN=C(NCCc1ccc(NC(C)=O)cc1)N1CCN(c2ccccc2F)CC1.I. The molecular weight excluding hydrogens is 496 g/mol. The predicted octanol–water partition coefficient (Wildman–Crippen LogP) is 3.34. The lowest BCUT2D eigenvalue weighted by atomic mass is 10.1. The molecule has 0 saturated carbocycles. The van der Waals surface area contributed by atoms with Crippen molar-refractivity contribution in [3.63, 3.8) is 0 Å². The molecule has 0 radical (unpaired) electrons. The van der Waals surface area contributed by atoms with Crippen molar-refractivity contribution in [3.05, 3.63) is 59.9 Å². The smallest absolute Gasteiger partial charge is 0.221 e. The first-order chi connectivity index (χ1) is 14.1. The van der Waals surface area contributed by atoms with Gasteiger partial charge in [-0.05, 0) is 36.2 Å². The summed E-state index contributed by atoms with van der Waals surface area (Å²) in [4.78, 5) is 19.8. The average molecular weight is 525 g/mol. The van der Waals surface area contributed by atoms with Crippen LogP contribution in [0.1, 0.15) is 12.5 Å². The Morgan fingerprint density at radius 3 is 2.33 bits per heavy atom. The van der Waals surface area contributed by atoms with Crippen LogP contribution in [0.5, 0.6) is 0 Å². The van der Waals surface area contributed by atoms with Crippen molar-refractivity contribution in [1.82, 2.24) is 10.2 Å². The van der Waals surface area contributed by atoms with Crippen molar-refractivity contribution in [1.29, 1.82) is 0 Å². The van der Waals surface area contributed by atoms with Crippen molar-refractivity contribution in [2.24, 2.45) is 4.99 Å². The number of nitrogens with one attached hydrogen (secondary N) is 2. The Morgan fingerprint density at radius 2 is 1.73 bits per heavy atom. The summed E-state index contributed by atoms with van der Waals surface area (Å²) in [5.41, 5.74) is 2.65. The molecule has 162 valence electrons. The minimum atomic E-state index is -0.173. The maximum absolute atomic E-state index is 14.0. The molecule has 1 fully saturated rings. The zero-order chi connectivity index (χ0) is 20.6. The van der Waals surface area contributed by atoms with Gasteiger partial charge in [-0.25, -0.2) is 4.39 Å². The van der Waals surface area contributed by atoms with E-state index >= 15 is 0 Å². The van der Waals surface area contributed by atoms with Gasteiger partial charge in [-0.2, -0.15) is 0 Å². The molecule has 8 heteroatoms.